The van der Waals surface area contributed by atoms with E-state index < -0.39 is 4.92 Å². The highest BCUT2D eigenvalue weighted by molar-refractivity contribution is 5.76. The maximum Gasteiger partial charge on any atom is 0.274 e. The molecular formula is C10H8N2O3. The summed E-state index contributed by atoms with van der Waals surface area (Å²) in [6, 6.07) is 2.73. The van der Waals surface area contributed by atoms with E-state index in [1.165, 1.54) is 12.1 Å². The number of hydrogen-bond donors (Lipinski definition) is 1. The molecule has 0 saturated carbocycles. The van der Waals surface area contributed by atoms with Gasteiger partial charge in [0.25, 0.3) is 5.69 Å². The maximum atomic E-state index is 10.6. The lowest BCUT2D eigenvalue weighted by atomic mass is 10.1. The first-order chi connectivity index (χ1) is 7.06. The summed E-state index contributed by atoms with van der Waals surface area (Å²) in [5.41, 5.74) is 6.57. The molecule has 1 rings (SSSR count). The fourth-order valence-electron chi connectivity index (χ4n) is 1.12. The molecule has 0 aromatic heterocycles. The minimum atomic E-state index is -0.511. The van der Waals surface area contributed by atoms with Crippen LogP contribution in [0.4, 0.5) is 11.4 Å². The van der Waals surface area contributed by atoms with Crippen molar-refractivity contribution < 1.29 is 9.72 Å². The zero-order chi connectivity index (χ0) is 11.4. The second-order valence-corrected chi connectivity index (χ2v) is 2.87. The van der Waals surface area contributed by atoms with Gasteiger partial charge in [-0.1, -0.05) is 5.92 Å². The van der Waals surface area contributed by atoms with Crippen molar-refractivity contribution in [2.24, 2.45) is 0 Å². The second kappa shape index (κ2) is 4.24. The lowest BCUT2D eigenvalue weighted by Crippen LogP contribution is -1.97. The molecule has 5 nitrogen and oxygen atoms in total. The molecule has 1 aromatic rings. The number of anilines is 1. The van der Waals surface area contributed by atoms with Crippen LogP contribution < -0.4 is 5.73 Å². The van der Waals surface area contributed by atoms with Crippen molar-refractivity contribution >= 4 is 17.7 Å². The van der Waals surface area contributed by atoms with Crippen LogP contribution in [0.2, 0.25) is 0 Å². The minimum absolute atomic E-state index is 0.0517. The summed E-state index contributed by atoms with van der Waals surface area (Å²) in [5, 5.41) is 10.6. The van der Waals surface area contributed by atoms with Gasteiger partial charge in [-0.05, 0) is 18.9 Å². The van der Waals surface area contributed by atoms with E-state index in [1.54, 1.807) is 6.92 Å². The van der Waals surface area contributed by atoms with Crippen LogP contribution in [0.25, 0.3) is 0 Å². The number of nitrogen functional groups attached to an aromatic ring is 1. The third-order valence-electron chi connectivity index (χ3n) is 1.83. The van der Waals surface area contributed by atoms with E-state index in [9.17, 15) is 14.9 Å². The Morgan fingerprint density at radius 2 is 2.20 bits per heavy atom. The average molecular weight is 204 g/mol. The highest BCUT2D eigenvalue weighted by Gasteiger charge is 2.12. The van der Waals surface area contributed by atoms with Gasteiger partial charge in [0.1, 0.15) is 0 Å². The van der Waals surface area contributed by atoms with Crippen molar-refractivity contribution in [2.45, 2.75) is 6.92 Å². The first-order valence-corrected chi connectivity index (χ1v) is 4.06. The summed E-state index contributed by atoms with van der Waals surface area (Å²) in [7, 11) is 0. The molecule has 0 unspecified atom stereocenters. The van der Waals surface area contributed by atoms with Crippen molar-refractivity contribution in [1.29, 1.82) is 0 Å². The third kappa shape index (κ3) is 2.31. The van der Waals surface area contributed by atoms with Gasteiger partial charge < -0.3 is 5.73 Å². The first kappa shape index (κ1) is 10.7. The largest absolute Gasteiger partial charge is 0.398 e. The summed E-state index contributed by atoms with van der Waals surface area (Å²) < 4.78 is 0. The van der Waals surface area contributed by atoms with Gasteiger partial charge in [0.05, 0.1) is 10.6 Å². The van der Waals surface area contributed by atoms with Crippen LogP contribution in [0.1, 0.15) is 11.1 Å². The van der Waals surface area contributed by atoms with E-state index in [1.807, 2.05) is 0 Å². The van der Waals surface area contributed by atoms with Gasteiger partial charge in [-0.2, -0.15) is 0 Å². The van der Waals surface area contributed by atoms with Crippen molar-refractivity contribution in [2.75, 3.05) is 5.73 Å². The normalized spacial score (nSPS) is 8.87. The fraction of sp³-hybridized carbons (Fsp3) is 0.100. The number of carbonyl (C=O) groups excluding carboxylic acids is 1. The predicted octanol–water partition coefficient (Wildman–Crippen LogP) is 1.04. The van der Waals surface area contributed by atoms with E-state index in [2.05, 4.69) is 11.8 Å². The highest BCUT2D eigenvalue weighted by atomic mass is 16.6. The lowest BCUT2D eigenvalue weighted by Gasteiger charge is -2.01. The van der Waals surface area contributed by atoms with E-state index in [4.69, 9.17) is 5.73 Å². The zero-order valence-electron chi connectivity index (χ0n) is 7.98. The van der Waals surface area contributed by atoms with Gasteiger partial charge in [0, 0.05) is 17.2 Å². The predicted molar refractivity (Wildman–Crippen MR) is 55.2 cm³/mol. The average Bonchev–Trinajstić information content (AvgIpc) is 2.18. The number of aryl methyl sites for hydroxylation is 1. The Labute approximate surface area is 86.0 Å². The van der Waals surface area contributed by atoms with E-state index in [-0.39, 0.29) is 11.4 Å². The fourth-order valence-corrected chi connectivity index (χ4v) is 1.12. The molecule has 5 heteroatoms. The first-order valence-electron chi connectivity index (χ1n) is 4.06. The van der Waals surface area contributed by atoms with Crippen molar-refractivity contribution in [1.82, 2.24) is 0 Å². The number of carbonyl (C=O) groups is 1. The van der Waals surface area contributed by atoms with Crippen molar-refractivity contribution in [3.63, 3.8) is 0 Å². The maximum absolute atomic E-state index is 10.6. The Hall–Kier alpha value is -2.35. The van der Waals surface area contributed by atoms with Gasteiger partial charge in [-0.25, -0.2) is 0 Å². The minimum Gasteiger partial charge on any atom is -0.398 e. The molecule has 0 atom stereocenters. The van der Waals surface area contributed by atoms with Gasteiger partial charge in [0.2, 0.25) is 0 Å². The molecule has 0 radical (unpaired) electrons. The summed E-state index contributed by atoms with van der Waals surface area (Å²) in [6.07, 6.45) is 0.441. The third-order valence-corrected chi connectivity index (χ3v) is 1.83. The monoisotopic (exact) mass is 204 g/mol. The molecule has 0 bridgehead atoms. The molecule has 0 aliphatic carbocycles. The summed E-state index contributed by atoms with van der Waals surface area (Å²) in [5.74, 6) is 4.70. The standard InChI is InChI=1S/C10H8N2O3/c1-7-5-8(3-2-4-13)9(11)6-10(7)12(14)15/h4-6H,11H2,1H3. The van der Waals surface area contributed by atoms with Gasteiger partial charge in [-0.3, -0.25) is 14.9 Å². The van der Waals surface area contributed by atoms with Gasteiger partial charge in [0.15, 0.2) is 6.29 Å². The van der Waals surface area contributed by atoms with Gasteiger partial charge in [-0.15, -0.1) is 0 Å². The second-order valence-electron chi connectivity index (χ2n) is 2.87. The van der Waals surface area contributed by atoms with Crippen LogP contribution in [-0.4, -0.2) is 11.2 Å². The molecule has 76 valence electrons. The Balaban J connectivity index is 3.31. The molecule has 15 heavy (non-hydrogen) atoms. The number of nitrogens with two attached hydrogens (primary N) is 1. The Bertz CT molecular complexity index is 483. The molecule has 0 aliphatic heterocycles. The molecule has 0 amide bonds. The van der Waals surface area contributed by atoms with Crippen LogP contribution in [0.5, 0.6) is 0 Å². The number of benzene rings is 1. The number of hydrogen-bond acceptors (Lipinski definition) is 4. The topological polar surface area (TPSA) is 86.2 Å². The number of rotatable bonds is 1. The number of nitro benzene ring substituents is 1. The molecule has 0 saturated heterocycles. The lowest BCUT2D eigenvalue weighted by molar-refractivity contribution is -0.385. The zero-order valence-corrected chi connectivity index (χ0v) is 7.98. The molecular weight excluding hydrogens is 196 g/mol. The highest BCUT2D eigenvalue weighted by Crippen LogP contribution is 2.23. The van der Waals surface area contributed by atoms with Crippen LogP contribution in [0.3, 0.4) is 0 Å². The Morgan fingerprint density at radius 1 is 1.53 bits per heavy atom. The molecule has 1 aromatic carbocycles. The van der Waals surface area contributed by atoms with E-state index in [0.29, 0.717) is 17.4 Å². The molecule has 0 aliphatic rings. The molecule has 0 fully saturated rings. The van der Waals surface area contributed by atoms with E-state index >= 15 is 0 Å². The summed E-state index contributed by atoms with van der Waals surface area (Å²) in [4.78, 5) is 20.1. The SMILES string of the molecule is Cc1cc(C#CC=O)c(N)cc1[N+](=O)[O-]. The number of aldehydes is 1. The van der Waals surface area contributed by atoms with Crippen LogP contribution in [0, 0.1) is 28.9 Å². The number of nitrogens with zero attached hydrogens (tertiary/aromatic N) is 1. The van der Waals surface area contributed by atoms with Crippen molar-refractivity contribution in [3.05, 3.63) is 33.4 Å². The summed E-state index contributed by atoms with van der Waals surface area (Å²) in [6.45, 7) is 1.59. The van der Waals surface area contributed by atoms with E-state index in [0.717, 1.165) is 0 Å². The summed E-state index contributed by atoms with van der Waals surface area (Å²) >= 11 is 0. The Kier molecular flexibility index (Phi) is 3.03. The molecule has 0 heterocycles. The number of nitro groups is 1. The smallest absolute Gasteiger partial charge is 0.274 e. The quantitative estimate of drug-likeness (QED) is 0.243. The van der Waals surface area contributed by atoms with Crippen molar-refractivity contribution in [3.8, 4) is 11.8 Å². The van der Waals surface area contributed by atoms with Crippen LogP contribution in [-0.2, 0) is 4.79 Å². The molecule has 2 N–H and O–H groups in total. The molecule has 0 spiro atoms. The Morgan fingerprint density at radius 3 is 2.73 bits per heavy atom. The van der Waals surface area contributed by atoms with Crippen LogP contribution in [0.15, 0.2) is 12.1 Å². The van der Waals surface area contributed by atoms with Crippen LogP contribution >= 0.6 is 0 Å². The van der Waals surface area contributed by atoms with Gasteiger partial charge >= 0.3 is 0 Å².